The van der Waals surface area contributed by atoms with E-state index in [4.69, 9.17) is 20.6 Å². The van der Waals surface area contributed by atoms with E-state index in [1.165, 1.54) is 13.3 Å². The SMILES string of the molecule is C#Cc1cn([C@H]2C[C@H](O)[C@@H](COC(=O)c3ccc(OC)cc3)O2)c(=O)[nH]c1=O. The van der Waals surface area contributed by atoms with Crippen LogP contribution in [-0.4, -0.2) is 46.6 Å². The average molecular weight is 386 g/mol. The molecular weight excluding hydrogens is 368 g/mol. The topological polar surface area (TPSA) is 120 Å². The number of aromatic amines is 1. The van der Waals surface area contributed by atoms with Gasteiger partial charge in [-0.2, -0.15) is 0 Å². The second-order valence-corrected chi connectivity index (χ2v) is 6.11. The smallest absolute Gasteiger partial charge is 0.338 e. The average Bonchev–Trinajstić information content (AvgIpc) is 3.06. The number of carbonyl (C=O) groups excluding carboxylic acids is 1. The maximum Gasteiger partial charge on any atom is 0.338 e. The highest BCUT2D eigenvalue weighted by atomic mass is 16.6. The molecular formula is C19H18N2O7. The highest BCUT2D eigenvalue weighted by molar-refractivity contribution is 5.89. The van der Waals surface area contributed by atoms with Gasteiger partial charge in [0.1, 0.15) is 30.3 Å². The van der Waals surface area contributed by atoms with E-state index < -0.39 is 35.7 Å². The number of benzene rings is 1. The summed E-state index contributed by atoms with van der Waals surface area (Å²) in [5.41, 5.74) is -1.10. The first-order valence-corrected chi connectivity index (χ1v) is 8.39. The Morgan fingerprint density at radius 1 is 1.39 bits per heavy atom. The number of aliphatic hydroxyl groups is 1. The van der Waals surface area contributed by atoms with Crippen molar-refractivity contribution >= 4 is 5.97 Å². The Labute approximate surface area is 159 Å². The highest BCUT2D eigenvalue weighted by Crippen LogP contribution is 2.28. The van der Waals surface area contributed by atoms with Gasteiger partial charge in [0, 0.05) is 12.6 Å². The summed E-state index contributed by atoms with van der Waals surface area (Å²) in [5.74, 6) is 2.19. The van der Waals surface area contributed by atoms with Crippen molar-refractivity contribution in [3.05, 3.63) is 62.4 Å². The van der Waals surface area contributed by atoms with Crippen molar-refractivity contribution in [2.75, 3.05) is 13.7 Å². The summed E-state index contributed by atoms with van der Waals surface area (Å²) in [6.45, 7) is -0.206. The van der Waals surface area contributed by atoms with Gasteiger partial charge >= 0.3 is 11.7 Å². The Kier molecular flexibility index (Phi) is 5.63. The van der Waals surface area contributed by atoms with Crippen LogP contribution in [0.5, 0.6) is 5.75 Å². The number of nitrogens with zero attached hydrogens (tertiary/aromatic N) is 1. The zero-order chi connectivity index (χ0) is 20.3. The van der Waals surface area contributed by atoms with Crippen molar-refractivity contribution < 1.29 is 24.1 Å². The summed E-state index contributed by atoms with van der Waals surface area (Å²) in [6.07, 6.45) is 3.85. The molecule has 9 heteroatoms. The van der Waals surface area contributed by atoms with E-state index in [-0.39, 0.29) is 18.6 Å². The molecule has 0 amide bonds. The normalized spacial score (nSPS) is 21.1. The molecule has 1 aromatic heterocycles. The molecule has 0 saturated carbocycles. The Morgan fingerprint density at radius 3 is 2.75 bits per heavy atom. The van der Waals surface area contributed by atoms with Crippen LogP contribution in [0.1, 0.15) is 28.6 Å². The molecule has 2 aromatic rings. The number of rotatable bonds is 5. The molecule has 9 nitrogen and oxygen atoms in total. The predicted octanol–water partition coefficient (Wildman–Crippen LogP) is 0.0319. The lowest BCUT2D eigenvalue weighted by Gasteiger charge is -2.16. The molecule has 1 fully saturated rings. The van der Waals surface area contributed by atoms with Crippen molar-refractivity contribution in [1.82, 2.24) is 9.55 Å². The summed E-state index contributed by atoms with van der Waals surface area (Å²) >= 11 is 0. The number of terminal acetylenes is 1. The second-order valence-electron chi connectivity index (χ2n) is 6.11. The fourth-order valence-corrected chi connectivity index (χ4v) is 2.81. The molecule has 1 aliphatic heterocycles. The van der Waals surface area contributed by atoms with Crippen LogP contribution in [0.3, 0.4) is 0 Å². The number of hydrogen-bond donors (Lipinski definition) is 2. The van der Waals surface area contributed by atoms with Crippen molar-refractivity contribution in [1.29, 1.82) is 0 Å². The molecule has 2 N–H and O–H groups in total. The van der Waals surface area contributed by atoms with Crippen molar-refractivity contribution in [3.8, 4) is 18.1 Å². The van der Waals surface area contributed by atoms with Crippen molar-refractivity contribution in [3.63, 3.8) is 0 Å². The predicted molar refractivity (Wildman–Crippen MR) is 97.1 cm³/mol. The van der Waals surface area contributed by atoms with Crippen LogP contribution in [0.2, 0.25) is 0 Å². The molecule has 28 heavy (non-hydrogen) atoms. The third-order valence-corrected chi connectivity index (χ3v) is 4.34. The van der Waals surface area contributed by atoms with Gasteiger partial charge in [0.05, 0.1) is 18.8 Å². The number of aliphatic hydroxyl groups excluding tert-OH is 1. The zero-order valence-corrected chi connectivity index (χ0v) is 15.0. The first-order valence-electron chi connectivity index (χ1n) is 8.39. The largest absolute Gasteiger partial charge is 0.497 e. The van der Waals surface area contributed by atoms with Crippen LogP contribution < -0.4 is 16.0 Å². The van der Waals surface area contributed by atoms with Gasteiger partial charge in [0.2, 0.25) is 0 Å². The van der Waals surface area contributed by atoms with Gasteiger partial charge in [-0.1, -0.05) is 5.92 Å². The summed E-state index contributed by atoms with van der Waals surface area (Å²) in [5, 5.41) is 10.2. The maximum absolute atomic E-state index is 12.1. The second kappa shape index (κ2) is 8.12. The van der Waals surface area contributed by atoms with Gasteiger partial charge < -0.3 is 19.3 Å². The van der Waals surface area contributed by atoms with E-state index in [1.807, 2.05) is 0 Å². The van der Waals surface area contributed by atoms with Crippen LogP contribution in [0.25, 0.3) is 0 Å². The number of hydrogen-bond acceptors (Lipinski definition) is 7. The fraction of sp³-hybridized carbons (Fsp3) is 0.316. The molecule has 1 aromatic carbocycles. The minimum absolute atomic E-state index is 0.0351. The van der Waals surface area contributed by atoms with Gasteiger partial charge in [0.25, 0.3) is 5.56 Å². The Morgan fingerprint density at radius 2 is 2.11 bits per heavy atom. The van der Waals surface area contributed by atoms with Crippen molar-refractivity contribution in [2.45, 2.75) is 24.9 Å². The lowest BCUT2D eigenvalue weighted by atomic mass is 10.2. The van der Waals surface area contributed by atoms with E-state index in [2.05, 4.69) is 10.9 Å². The first-order chi connectivity index (χ1) is 13.4. The van der Waals surface area contributed by atoms with E-state index in [1.54, 1.807) is 24.3 Å². The molecule has 3 rings (SSSR count). The summed E-state index contributed by atoms with van der Waals surface area (Å²) in [6, 6.07) is 6.35. The Bertz CT molecular complexity index is 1020. The molecule has 3 atom stereocenters. The molecule has 2 heterocycles. The number of H-pyrrole nitrogens is 1. The Hall–Kier alpha value is -3.35. The molecule has 0 bridgehead atoms. The summed E-state index contributed by atoms with van der Waals surface area (Å²) in [7, 11) is 1.52. The monoisotopic (exact) mass is 386 g/mol. The van der Waals surface area contributed by atoms with Crippen LogP contribution in [-0.2, 0) is 9.47 Å². The molecule has 0 radical (unpaired) electrons. The summed E-state index contributed by atoms with van der Waals surface area (Å²) in [4.78, 5) is 37.8. The number of methoxy groups -OCH3 is 1. The minimum atomic E-state index is -0.971. The van der Waals surface area contributed by atoms with E-state index in [0.29, 0.717) is 11.3 Å². The molecule has 146 valence electrons. The summed E-state index contributed by atoms with van der Waals surface area (Å²) < 4.78 is 16.9. The number of aromatic nitrogens is 2. The van der Waals surface area contributed by atoms with Crippen LogP contribution in [0, 0.1) is 12.3 Å². The third-order valence-electron chi connectivity index (χ3n) is 4.34. The molecule has 0 spiro atoms. The molecule has 0 aliphatic carbocycles. The van der Waals surface area contributed by atoms with Gasteiger partial charge in [0.15, 0.2) is 0 Å². The van der Waals surface area contributed by atoms with Crippen LogP contribution in [0.4, 0.5) is 0 Å². The van der Waals surface area contributed by atoms with Crippen molar-refractivity contribution in [2.24, 2.45) is 0 Å². The molecule has 1 saturated heterocycles. The van der Waals surface area contributed by atoms with Gasteiger partial charge in [-0.05, 0) is 24.3 Å². The van der Waals surface area contributed by atoms with E-state index in [9.17, 15) is 19.5 Å². The van der Waals surface area contributed by atoms with E-state index >= 15 is 0 Å². The number of esters is 1. The quantitative estimate of drug-likeness (QED) is 0.550. The molecule has 0 unspecified atom stereocenters. The zero-order valence-electron chi connectivity index (χ0n) is 15.0. The number of carbonyl (C=O) groups is 1. The maximum atomic E-state index is 12.1. The van der Waals surface area contributed by atoms with Gasteiger partial charge in [-0.15, -0.1) is 6.42 Å². The lowest BCUT2D eigenvalue weighted by Crippen LogP contribution is -2.33. The first kappa shape index (κ1) is 19.4. The highest BCUT2D eigenvalue weighted by Gasteiger charge is 2.36. The fourth-order valence-electron chi connectivity index (χ4n) is 2.81. The molecule has 1 aliphatic rings. The van der Waals surface area contributed by atoms with Crippen LogP contribution in [0.15, 0.2) is 40.1 Å². The Balaban J connectivity index is 1.66. The lowest BCUT2D eigenvalue weighted by molar-refractivity contribution is -0.0532. The van der Waals surface area contributed by atoms with Crippen LogP contribution >= 0.6 is 0 Å². The number of nitrogens with one attached hydrogen (secondary N) is 1. The standard InChI is InChI=1S/C19H18N2O7/c1-3-11-9-21(19(25)20-17(11)23)16-8-14(22)15(28-16)10-27-18(24)12-4-6-13(26-2)7-5-12/h1,4-7,9,14-16,22H,8,10H2,2H3,(H,20,23,25)/t14-,15+,16+/m0/s1. The van der Waals surface area contributed by atoms with Gasteiger partial charge in [-0.25, -0.2) is 9.59 Å². The number of ether oxygens (including phenoxy) is 3. The van der Waals surface area contributed by atoms with E-state index in [0.717, 1.165) is 4.57 Å². The van der Waals surface area contributed by atoms with Gasteiger partial charge in [-0.3, -0.25) is 14.3 Å². The minimum Gasteiger partial charge on any atom is -0.497 e. The third kappa shape index (κ3) is 3.98.